The SMILES string of the molecule is CC[N](CC)[Al]([N](CC)CC)[N](CC)CC.[LiH]. The van der Waals surface area contributed by atoms with Crippen LogP contribution in [0.25, 0.3) is 0 Å². The molecule has 0 rings (SSSR count). The Labute approximate surface area is 126 Å². The summed E-state index contributed by atoms with van der Waals surface area (Å²) < 4.78 is 8.04. The molecule has 0 radical (unpaired) electrons. The number of hydrogen-bond acceptors (Lipinski definition) is 3. The average Bonchev–Trinajstić information content (AvgIpc) is 2.33. The molecule has 0 N–H and O–H groups in total. The van der Waals surface area contributed by atoms with Gasteiger partial charge >= 0.3 is 33.7 Å². The fourth-order valence-corrected chi connectivity index (χ4v) is 5.69. The van der Waals surface area contributed by atoms with Gasteiger partial charge in [-0.05, 0) is 39.3 Å². The van der Waals surface area contributed by atoms with Gasteiger partial charge in [-0.3, -0.25) is 0 Å². The molecule has 17 heavy (non-hydrogen) atoms. The zero-order valence-corrected chi connectivity index (χ0v) is 13.3. The topological polar surface area (TPSA) is 9.72 Å². The minimum absolute atomic E-state index is 0. The van der Waals surface area contributed by atoms with Gasteiger partial charge in [0.1, 0.15) is 0 Å². The van der Waals surface area contributed by atoms with E-state index in [0.717, 1.165) is 0 Å². The first-order valence-electron chi connectivity index (χ1n) is 6.91. The molecule has 0 saturated heterocycles. The molecule has 0 amide bonds. The van der Waals surface area contributed by atoms with Crippen LogP contribution in [0.1, 0.15) is 41.5 Å². The standard InChI is InChI=1S/3C4H10N.Al.Li.H/c3*1-3-5-4-2;;;/h3*3-4H2,1-2H3;;;/q3*-1;+3;;. The molecule has 0 saturated carbocycles. The average molecular weight is 251 g/mol. The van der Waals surface area contributed by atoms with Gasteiger partial charge in [0, 0.05) is 0 Å². The van der Waals surface area contributed by atoms with Crippen LogP contribution in [0.3, 0.4) is 0 Å². The molecular formula is C12H31AlLiN3. The Balaban J connectivity index is 0. The van der Waals surface area contributed by atoms with Crippen molar-refractivity contribution >= 4 is 33.7 Å². The van der Waals surface area contributed by atoms with Crippen LogP contribution in [0.2, 0.25) is 0 Å². The Morgan fingerprint density at radius 2 is 0.706 bits per heavy atom. The van der Waals surface area contributed by atoms with Gasteiger partial charge in [-0.1, -0.05) is 41.5 Å². The second-order valence-corrected chi connectivity index (χ2v) is 6.89. The third-order valence-electron chi connectivity index (χ3n) is 3.42. The van der Waals surface area contributed by atoms with E-state index in [-0.39, 0.29) is 18.9 Å². The third-order valence-corrected chi connectivity index (χ3v) is 7.57. The summed E-state index contributed by atoms with van der Waals surface area (Å²) in [6, 6.07) is 0. The van der Waals surface area contributed by atoms with Crippen molar-refractivity contribution in [2.24, 2.45) is 0 Å². The first kappa shape index (κ1) is 20.3. The van der Waals surface area contributed by atoms with Crippen molar-refractivity contribution < 1.29 is 0 Å². The molecular weight excluding hydrogens is 220 g/mol. The van der Waals surface area contributed by atoms with Gasteiger partial charge in [0.05, 0.1) is 0 Å². The zero-order chi connectivity index (χ0) is 12.6. The van der Waals surface area contributed by atoms with Crippen LogP contribution in [-0.2, 0) is 0 Å². The zero-order valence-electron chi connectivity index (χ0n) is 12.2. The van der Waals surface area contributed by atoms with Gasteiger partial charge in [-0.25, -0.2) is 0 Å². The van der Waals surface area contributed by atoms with Crippen molar-refractivity contribution in [3.63, 3.8) is 0 Å². The van der Waals surface area contributed by atoms with Crippen molar-refractivity contribution in [3.8, 4) is 0 Å². The van der Waals surface area contributed by atoms with Crippen LogP contribution in [0, 0.1) is 0 Å². The predicted molar refractivity (Wildman–Crippen MR) is 81.7 cm³/mol. The van der Waals surface area contributed by atoms with E-state index in [1.54, 1.807) is 0 Å². The monoisotopic (exact) mass is 251 g/mol. The van der Waals surface area contributed by atoms with Crippen LogP contribution in [0.4, 0.5) is 0 Å². The molecule has 0 unspecified atom stereocenters. The molecule has 98 valence electrons. The van der Waals surface area contributed by atoms with Crippen LogP contribution in [0.5, 0.6) is 0 Å². The van der Waals surface area contributed by atoms with Gasteiger partial charge in [0.25, 0.3) is 0 Å². The first-order chi connectivity index (χ1) is 7.69. The fraction of sp³-hybridized carbons (Fsp3) is 1.00. The summed E-state index contributed by atoms with van der Waals surface area (Å²) in [5.41, 5.74) is 0. The second-order valence-electron chi connectivity index (χ2n) is 4.01. The molecule has 0 aromatic heterocycles. The molecule has 0 spiro atoms. The summed E-state index contributed by atoms with van der Waals surface area (Å²) in [5, 5.41) is 0. The summed E-state index contributed by atoms with van der Waals surface area (Å²) in [4.78, 5) is 0. The van der Waals surface area contributed by atoms with Crippen LogP contribution < -0.4 is 0 Å². The Morgan fingerprint density at radius 3 is 0.824 bits per heavy atom. The van der Waals surface area contributed by atoms with Gasteiger partial charge in [-0.2, -0.15) is 0 Å². The number of nitrogens with zero attached hydrogens (tertiary/aromatic N) is 3. The third kappa shape index (κ3) is 6.13. The molecule has 5 heteroatoms. The summed E-state index contributed by atoms with van der Waals surface area (Å²) >= 11 is -1.08. The fourth-order valence-electron chi connectivity index (χ4n) is 2.34. The molecule has 0 heterocycles. The molecule has 0 aromatic rings. The van der Waals surface area contributed by atoms with E-state index >= 15 is 0 Å². The van der Waals surface area contributed by atoms with Crippen molar-refractivity contribution in [2.45, 2.75) is 41.5 Å². The summed E-state index contributed by atoms with van der Waals surface area (Å²) in [6.07, 6.45) is 0. The maximum atomic E-state index is 2.68. The second kappa shape index (κ2) is 12.1. The van der Waals surface area contributed by atoms with E-state index < -0.39 is 14.8 Å². The number of hydrogen-bond donors (Lipinski definition) is 0. The van der Waals surface area contributed by atoms with E-state index in [1.165, 1.54) is 39.3 Å². The molecule has 0 aliphatic heterocycles. The molecule has 3 nitrogen and oxygen atoms in total. The molecule has 0 aliphatic carbocycles. The van der Waals surface area contributed by atoms with E-state index in [1.807, 2.05) is 0 Å². The molecule has 0 aliphatic rings. The maximum absolute atomic E-state index is 2.68. The molecule has 0 fully saturated rings. The Morgan fingerprint density at radius 1 is 0.529 bits per heavy atom. The summed E-state index contributed by atoms with van der Waals surface area (Å²) in [6.45, 7) is 20.8. The van der Waals surface area contributed by atoms with E-state index in [9.17, 15) is 0 Å². The molecule has 0 atom stereocenters. The quantitative estimate of drug-likeness (QED) is 0.573. The van der Waals surface area contributed by atoms with Gasteiger partial charge < -0.3 is 11.7 Å². The molecule has 0 bridgehead atoms. The van der Waals surface area contributed by atoms with E-state index in [0.29, 0.717) is 0 Å². The van der Waals surface area contributed by atoms with Gasteiger partial charge in [0.2, 0.25) is 0 Å². The Hall–Kier alpha value is 1.01. The Kier molecular flexibility index (Phi) is 14.4. The first-order valence-corrected chi connectivity index (χ1v) is 8.46. The van der Waals surface area contributed by atoms with Crippen LogP contribution >= 0.6 is 0 Å². The van der Waals surface area contributed by atoms with Crippen molar-refractivity contribution in [1.29, 1.82) is 0 Å². The van der Waals surface area contributed by atoms with Gasteiger partial charge in [0.15, 0.2) is 0 Å². The van der Waals surface area contributed by atoms with Crippen LogP contribution in [0.15, 0.2) is 0 Å². The van der Waals surface area contributed by atoms with Crippen LogP contribution in [-0.4, -0.2) is 84.6 Å². The van der Waals surface area contributed by atoms with Gasteiger partial charge in [-0.15, -0.1) is 0 Å². The minimum atomic E-state index is -1.08. The van der Waals surface area contributed by atoms with Crippen molar-refractivity contribution in [1.82, 2.24) is 11.7 Å². The predicted octanol–water partition coefficient (Wildman–Crippen LogP) is 1.35. The van der Waals surface area contributed by atoms with E-state index in [2.05, 4.69) is 53.2 Å². The van der Waals surface area contributed by atoms with E-state index in [4.69, 9.17) is 0 Å². The molecule has 0 aromatic carbocycles. The number of rotatable bonds is 9. The Bertz CT molecular complexity index is 131. The van der Waals surface area contributed by atoms with Crippen molar-refractivity contribution in [2.75, 3.05) is 39.3 Å². The van der Waals surface area contributed by atoms with Crippen molar-refractivity contribution in [3.05, 3.63) is 0 Å². The summed E-state index contributed by atoms with van der Waals surface area (Å²) in [5.74, 6) is 0. The normalized spacial score (nSPS) is 11.1. The summed E-state index contributed by atoms with van der Waals surface area (Å²) in [7, 11) is 0.